The maximum atomic E-state index is 13.0. The van der Waals surface area contributed by atoms with Gasteiger partial charge in [-0.15, -0.1) is 0 Å². The summed E-state index contributed by atoms with van der Waals surface area (Å²) in [5.74, 6) is -0.560. The summed E-state index contributed by atoms with van der Waals surface area (Å²) in [5.41, 5.74) is 2.58. The second-order valence-corrected chi connectivity index (χ2v) is 8.25. The average molecular weight is 427 g/mol. The zero-order chi connectivity index (χ0) is 21.1. The van der Waals surface area contributed by atoms with Crippen molar-refractivity contribution in [3.8, 4) is 0 Å². The molecule has 2 saturated heterocycles. The van der Waals surface area contributed by atoms with E-state index in [9.17, 15) is 9.59 Å². The molecule has 0 aromatic heterocycles. The number of hydrogen-bond donors (Lipinski definition) is 1. The number of para-hydroxylation sites is 2. The van der Waals surface area contributed by atoms with Gasteiger partial charge in [-0.1, -0.05) is 36.7 Å². The predicted octanol–water partition coefficient (Wildman–Crippen LogP) is 3.47. The third kappa shape index (κ3) is 4.45. The van der Waals surface area contributed by atoms with E-state index < -0.39 is 0 Å². The lowest BCUT2D eigenvalue weighted by Gasteiger charge is -2.36. The van der Waals surface area contributed by atoms with E-state index >= 15 is 0 Å². The van der Waals surface area contributed by atoms with E-state index in [1.807, 2.05) is 30.3 Å². The summed E-state index contributed by atoms with van der Waals surface area (Å²) in [6.07, 6.45) is 0.204. The molecular weight excluding hydrogens is 400 g/mol. The van der Waals surface area contributed by atoms with Crippen molar-refractivity contribution in [2.45, 2.75) is 13.3 Å². The molecule has 1 N–H and O–H groups in total. The predicted molar refractivity (Wildman–Crippen MR) is 121 cm³/mol. The summed E-state index contributed by atoms with van der Waals surface area (Å²) in [6.45, 7) is 7.51. The molecule has 30 heavy (non-hydrogen) atoms. The molecule has 0 saturated carbocycles. The maximum Gasteiger partial charge on any atom is 0.229 e. The number of nitrogens with one attached hydrogen (secondary N) is 1. The van der Waals surface area contributed by atoms with Gasteiger partial charge in [0.05, 0.1) is 17.3 Å². The highest BCUT2D eigenvalue weighted by atomic mass is 35.5. The lowest BCUT2D eigenvalue weighted by Crippen LogP contribution is -2.46. The Morgan fingerprint density at radius 3 is 2.60 bits per heavy atom. The van der Waals surface area contributed by atoms with Crippen LogP contribution in [-0.2, 0) is 9.59 Å². The molecule has 7 heteroatoms. The number of amides is 2. The normalized spacial score (nSPS) is 19.9. The van der Waals surface area contributed by atoms with E-state index in [1.54, 1.807) is 17.0 Å². The fraction of sp³-hybridized carbons (Fsp3) is 0.391. The molecule has 2 aliphatic heterocycles. The minimum absolute atomic E-state index is 0.0543. The number of nitrogens with zero attached hydrogens (tertiary/aromatic N) is 3. The Bertz CT molecular complexity index is 927. The number of halogens is 1. The van der Waals surface area contributed by atoms with Crippen molar-refractivity contribution in [1.82, 2.24) is 4.90 Å². The summed E-state index contributed by atoms with van der Waals surface area (Å²) >= 11 is 6.06. The molecule has 0 aliphatic carbocycles. The van der Waals surface area contributed by atoms with Crippen LogP contribution in [0.2, 0.25) is 5.02 Å². The Hall–Kier alpha value is -2.57. The van der Waals surface area contributed by atoms with Gasteiger partial charge in [-0.25, -0.2) is 0 Å². The highest BCUT2D eigenvalue weighted by Gasteiger charge is 2.35. The molecule has 2 aromatic carbocycles. The van der Waals surface area contributed by atoms with Crippen LogP contribution >= 0.6 is 11.6 Å². The van der Waals surface area contributed by atoms with Crippen LogP contribution in [-0.4, -0.2) is 56.0 Å². The number of anilines is 3. The first-order chi connectivity index (χ1) is 14.5. The van der Waals surface area contributed by atoms with Gasteiger partial charge in [0, 0.05) is 49.9 Å². The average Bonchev–Trinajstić information content (AvgIpc) is 3.16. The number of carbonyl (C=O) groups excluding carboxylic acids is 2. The molecule has 2 fully saturated rings. The summed E-state index contributed by atoms with van der Waals surface area (Å²) < 4.78 is 0. The number of likely N-dealkylation sites (N-methyl/N-ethyl adjacent to an activating group) is 1. The van der Waals surface area contributed by atoms with Gasteiger partial charge < -0.3 is 20.0 Å². The number of rotatable bonds is 5. The minimum atomic E-state index is -0.388. The van der Waals surface area contributed by atoms with Gasteiger partial charge in [0.25, 0.3) is 0 Å². The van der Waals surface area contributed by atoms with Crippen molar-refractivity contribution < 1.29 is 9.59 Å². The number of hydrogen-bond acceptors (Lipinski definition) is 4. The summed E-state index contributed by atoms with van der Waals surface area (Å²) in [6, 6.07) is 15.1. The van der Waals surface area contributed by atoms with E-state index in [0.29, 0.717) is 11.6 Å². The maximum absolute atomic E-state index is 13.0. The molecule has 0 radical (unpaired) electrons. The van der Waals surface area contributed by atoms with Gasteiger partial charge >= 0.3 is 0 Å². The van der Waals surface area contributed by atoms with Crippen LogP contribution in [0.5, 0.6) is 0 Å². The second kappa shape index (κ2) is 9.06. The minimum Gasteiger partial charge on any atom is -0.367 e. The largest absolute Gasteiger partial charge is 0.367 e. The van der Waals surface area contributed by atoms with Crippen molar-refractivity contribution in [3.05, 3.63) is 53.6 Å². The Labute approximate surface area is 182 Å². The quantitative estimate of drug-likeness (QED) is 0.795. The molecule has 1 unspecified atom stereocenters. The lowest BCUT2D eigenvalue weighted by atomic mass is 10.1. The van der Waals surface area contributed by atoms with Crippen molar-refractivity contribution in [2.24, 2.45) is 5.92 Å². The van der Waals surface area contributed by atoms with Gasteiger partial charge in [-0.2, -0.15) is 0 Å². The van der Waals surface area contributed by atoms with Crippen molar-refractivity contribution >= 4 is 40.5 Å². The van der Waals surface area contributed by atoms with Crippen molar-refractivity contribution in [1.29, 1.82) is 0 Å². The molecular formula is C23H27ClN4O2. The van der Waals surface area contributed by atoms with Gasteiger partial charge in [-0.3, -0.25) is 9.59 Å². The topological polar surface area (TPSA) is 55.9 Å². The van der Waals surface area contributed by atoms with Gasteiger partial charge in [0.15, 0.2) is 0 Å². The number of piperazine rings is 1. The van der Waals surface area contributed by atoms with Gasteiger partial charge in [0.2, 0.25) is 11.8 Å². The summed E-state index contributed by atoms with van der Waals surface area (Å²) in [5, 5.41) is 3.65. The molecule has 0 bridgehead atoms. The van der Waals surface area contributed by atoms with E-state index in [2.05, 4.69) is 28.1 Å². The lowest BCUT2D eigenvalue weighted by molar-refractivity contribution is -0.122. The van der Waals surface area contributed by atoms with E-state index in [1.165, 1.54) is 0 Å². The standard InChI is InChI=1S/C23H27ClN4O2/c1-2-26-10-12-27(13-11-26)21-9-4-3-8-20(21)25-23(30)17-14-22(29)28(16-17)19-7-5-6-18(24)15-19/h3-9,15,17H,2,10-14,16H2,1H3,(H,25,30). The summed E-state index contributed by atoms with van der Waals surface area (Å²) in [7, 11) is 0. The number of benzene rings is 2. The molecule has 6 nitrogen and oxygen atoms in total. The molecule has 4 rings (SSSR count). The van der Waals surface area contributed by atoms with Crippen molar-refractivity contribution in [3.63, 3.8) is 0 Å². The first-order valence-electron chi connectivity index (χ1n) is 10.5. The Balaban J connectivity index is 1.44. The zero-order valence-corrected chi connectivity index (χ0v) is 17.9. The third-order valence-corrected chi connectivity index (χ3v) is 6.17. The zero-order valence-electron chi connectivity index (χ0n) is 17.2. The highest BCUT2D eigenvalue weighted by molar-refractivity contribution is 6.31. The molecule has 2 heterocycles. The van der Waals surface area contributed by atoms with Crippen LogP contribution < -0.4 is 15.1 Å². The van der Waals surface area contributed by atoms with E-state index in [0.717, 1.165) is 49.8 Å². The monoisotopic (exact) mass is 426 g/mol. The Morgan fingerprint density at radius 1 is 1.10 bits per heavy atom. The Morgan fingerprint density at radius 2 is 1.87 bits per heavy atom. The van der Waals surface area contributed by atoms with Gasteiger partial charge in [-0.05, 0) is 36.9 Å². The fourth-order valence-electron chi connectivity index (χ4n) is 4.17. The molecule has 0 spiro atoms. The second-order valence-electron chi connectivity index (χ2n) is 7.81. The van der Waals surface area contributed by atoms with E-state index in [4.69, 9.17) is 11.6 Å². The first-order valence-corrected chi connectivity index (χ1v) is 10.9. The van der Waals surface area contributed by atoms with Crippen LogP contribution in [0.15, 0.2) is 48.5 Å². The molecule has 1 atom stereocenters. The van der Waals surface area contributed by atoms with Crippen LogP contribution in [0.3, 0.4) is 0 Å². The van der Waals surface area contributed by atoms with Crippen LogP contribution in [0.25, 0.3) is 0 Å². The van der Waals surface area contributed by atoms with Gasteiger partial charge in [0.1, 0.15) is 0 Å². The SMILES string of the molecule is CCN1CCN(c2ccccc2NC(=O)C2CC(=O)N(c3cccc(Cl)c3)C2)CC1. The number of carbonyl (C=O) groups is 2. The van der Waals surface area contributed by atoms with Crippen LogP contribution in [0, 0.1) is 5.92 Å². The highest BCUT2D eigenvalue weighted by Crippen LogP contribution is 2.30. The smallest absolute Gasteiger partial charge is 0.229 e. The third-order valence-electron chi connectivity index (χ3n) is 5.94. The molecule has 2 aromatic rings. The van der Waals surface area contributed by atoms with Crippen LogP contribution in [0.4, 0.5) is 17.1 Å². The molecule has 2 amide bonds. The molecule has 158 valence electrons. The van der Waals surface area contributed by atoms with E-state index in [-0.39, 0.29) is 24.2 Å². The van der Waals surface area contributed by atoms with Crippen LogP contribution in [0.1, 0.15) is 13.3 Å². The van der Waals surface area contributed by atoms with Crippen molar-refractivity contribution in [2.75, 3.05) is 54.4 Å². The first kappa shape index (κ1) is 20.7. The Kier molecular flexibility index (Phi) is 6.25. The fourth-order valence-corrected chi connectivity index (χ4v) is 4.36. The summed E-state index contributed by atoms with van der Waals surface area (Å²) in [4.78, 5) is 31.9. The molecule has 2 aliphatic rings.